The summed E-state index contributed by atoms with van der Waals surface area (Å²) in [6.45, 7) is 4.10. The van der Waals surface area contributed by atoms with E-state index >= 15 is 0 Å². The Hall–Kier alpha value is -3.19. The van der Waals surface area contributed by atoms with E-state index in [0.29, 0.717) is 23.3 Å². The minimum atomic E-state index is -0.207. The van der Waals surface area contributed by atoms with Crippen LogP contribution in [-0.2, 0) is 6.54 Å². The number of aryl methyl sites for hydroxylation is 1. The number of benzene rings is 1. The smallest absolute Gasteiger partial charge is 0.259 e. The van der Waals surface area contributed by atoms with Gasteiger partial charge in [0.1, 0.15) is 0 Å². The maximum absolute atomic E-state index is 13.0. The van der Waals surface area contributed by atoms with Crippen LogP contribution in [0.3, 0.4) is 0 Å². The second-order valence-electron chi connectivity index (χ2n) is 7.07. The third kappa shape index (κ3) is 3.48. The van der Waals surface area contributed by atoms with Gasteiger partial charge in [-0.05, 0) is 49.6 Å². The van der Waals surface area contributed by atoms with Crippen molar-refractivity contribution in [3.63, 3.8) is 0 Å². The highest BCUT2D eigenvalue weighted by Crippen LogP contribution is 2.27. The van der Waals surface area contributed by atoms with Crippen molar-refractivity contribution >= 4 is 28.2 Å². The van der Waals surface area contributed by atoms with Crippen molar-refractivity contribution in [2.75, 3.05) is 23.3 Å². The minimum Gasteiger partial charge on any atom is -0.493 e. The van der Waals surface area contributed by atoms with Crippen LogP contribution >= 0.6 is 0 Å². The van der Waals surface area contributed by atoms with Crippen molar-refractivity contribution < 1.29 is 9.90 Å². The van der Waals surface area contributed by atoms with Gasteiger partial charge in [0, 0.05) is 43.0 Å². The van der Waals surface area contributed by atoms with Gasteiger partial charge in [-0.3, -0.25) is 9.78 Å². The number of carbonyl (C=O) groups is 1. The lowest BCUT2D eigenvalue weighted by molar-refractivity contribution is 0.102. The first-order chi connectivity index (χ1) is 13.5. The number of pyridine rings is 2. The summed E-state index contributed by atoms with van der Waals surface area (Å²) in [7, 11) is 0. The number of hydrogen-bond acceptors (Lipinski definition) is 6. The van der Waals surface area contributed by atoms with Gasteiger partial charge in [0.2, 0.25) is 5.88 Å². The van der Waals surface area contributed by atoms with E-state index in [4.69, 9.17) is 5.73 Å². The molecule has 0 unspecified atom stereocenters. The number of anilines is 2. The normalized spacial score (nSPS) is 13.9. The van der Waals surface area contributed by atoms with E-state index in [9.17, 15) is 9.90 Å². The lowest BCUT2D eigenvalue weighted by atomic mass is 10.1. The zero-order valence-corrected chi connectivity index (χ0v) is 15.8. The van der Waals surface area contributed by atoms with Gasteiger partial charge in [-0.15, -0.1) is 0 Å². The molecule has 3 heterocycles. The highest BCUT2D eigenvalue weighted by molar-refractivity contribution is 6.08. The Labute approximate surface area is 163 Å². The first kappa shape index (κ1) is 18.2. The first-order valence-corrected chi connectivity index (χ1v) is 9.41. The molecule has 1 fully saturated rings. The van der Waals surface area contributed by atoms with Gasteiger partial charge in [-0.25, -0.2) is 4.98 Å². The zero-order chi connectivity index (χ0) is 19.7. The van der Waals surface area contributed by atoms with Crippen LogP contribution in [0.1, 0.15) is 34.5 Å². The van der Waals surface area contributed by atoms with Gasteiger partial charge in [0.25, 0.3) is 5.91 Å². The van der Waals surface area contributed by atoms with Crippen molar-refractivity contribution in [2.24, 2.45) is 5.73 Å². The van der Waals surface area contributed by atoms with Crippen LogP contribution in [0, 0.1) is 6.92 Å². The van der Waals surface area contributed by atoms with Gasteiger partial charge in [0.15, 0.2) is 0 Å². The molecule has 1 amide bonds. The topological polar surface area (TPSA) is 104 Å². The molecule has 0 bridgehead atoms. The van der Waals surface area contributed by atoms with Gasteiger partial charge in [-0.2, -0.15) is 0 Å². The number of nitrogens with two attached hydrogens (primary N) is 1. The Balaban J connectivity index is 1.66. The number of aromatic hydroxyl groups is 1. The Bertz CT molecular complexity index is 1040. The van der Waals surface area contributed by atoms with E-state index in [-0.39, 0.29) is 11.8 Å². The minimum absolute atomic E-state index is 0.0110. The molecule has 3 aromatic rings. The standard InChI is InChI=1S/C21H23N5O2/c1-13-8-20(27)25-18-5-4-14(9-16(13)18)24-21(28)17-12-23-15(11-22)10-19(17)26-6-2-3-7-26/h4-5,8-10,12H,2-3,6-7,11,22H2,1H3,(H,24,28)(H,25,27). The van der Waals surface area contributed by atoms with Crippen LogP contribution in [-0.4, -0.2) is 34.1 Å². The fraction of sp³-hybridized carbons (Fsp3) is 0.286. The lowest BCUT2D eigenvalue weighted by Gasteiger charge is -2.21. The molecule has 7 heteroatoms. The molecule has 144 valence electrons. The van der Waals surface area contributed by atoms with E-state index in [1.165, 1.54) is 0 Å². The number of rotatable bonds is 4. The van der Waals surface area contributed by atoms with Gasteiger partial charge < -0.3 is 21.1 Å². The van der Waals surface area contributed by atoms with Crippen molar-refractivity contribution in [3.05, 3.63) is 53.3 Å². The van der Waals surface area contributed by atoms with Crippen LogP contribution in [0.25, 0.3) is 10.9 Å². The Morgan fingerprint density at radius 3 is 2.79 bits per heavy atom. The molecule has 7 nitrogen and oxygen atoms in total. The number of fused-ring (bicyclic) bond motifs is 1. The number of aromatic nitrogens is 2. The number of carbonyl (C=O) groups excluding carboxylic acids is 1. The lowest BCUT2D eigenvalue weighted by Crippen LogP contribution is -2.24. The number of hydrogen-bond donors (Lipinski definition) is 3. The molecular weight excluding hydrogens is 354 g/mol. The average molecular weight is 377 g/mol. The molecule has 0 aliphatic carbocycles. The maximum atomic E-state index is 13.0. The second kappa shape index (κ2) is 7.44. The third-order valence-corrected chi connectivity index (χ3v) is 5.10. The summed E-state index contributed by atoms with van der Waals surface area (Å²) in [5.41, 5.74) is 10.2. The fourth-order valence-electron chi connectivity index (χ4n) is 3.65. The van der Waals surface area contributed by atoms with E-state index in [2.05, 4.69) is 20.2 Å². The van der Waals surface area contributed by atoms with Gasteiger partial charge in [-0.1, -0.05) is 0 Å². The van der Waals surface area contributed by atoms with Gasteiger partial charge in [0.05, 0.1) is 22.5 Å². The monoisotopic (exact) mass is 377 g/mol. The second-order valence-corrected chi connectivity index (χ2v) is 7.07. The van der Waals surface area contributed by atoms with Crippen LogP contribution in [0.15, 0.2) is 36.5 Å². The van der Waals surface area contributed by atoms with E-state index in [1.54, 1.807) is 24.4 Å². The molecule has 4 rings (SSSR count). The summed E-state index contributed by atoms with van der Waals surface area (Å²) in [6, 6.07) is 8.96. The highest BCUT2D eigenvalue weighted by Gasteiger charge is 2.21. The molecule has 1 aromatic carbocycles. The zero-order valence-electron chi connectivity index (χ0n) is 15.8. The maximum Gasteiger partial charge on any atom is 0.259 e. The van der Waals surface area contributed by atoms with Crippen LogP contribution in [0.5, 0.6) is 5.88 Å². The third-order valence-electron chi connectivity index (χ3n) is 5.10. The molecule has 1 saturated heterocycles. The van der Waals surface area contributed by atoms with Crippen LogP contribution in [0.2, 0.25) is 0 Å². The van der Waals surface area contributed by atoms with E-state index < -0.39 is 0 Å². The van der Waals surface area contributed by atoms with Crippen molar-refractivity contribution in [1.29, 1.82) is 0 Å². The largest absolute Gasteiger partial charge is 0.493 e. The molecule has 4 N–H and O–H groups in total. The van der Waals surface area contributed by atoms with Crippen molar-refractivity contribution in [3.8, 4) is 5.88 Å². The van der Waals surface area contributed by atoms with Gasteiger partial charge >= 0.3 is 0 Å². The summed E-state index contributed by atoms with van der Waals surface area (Å²) in [6.07, 6.45) is 3.84. The number of amides is 1. The molecular formula is C21H23N5O2. The Kier molecular flexibility index (Phi) is 4.83. The number of nitrogens with zero attached hydrogens (tertiary/aromatic N) is 3. The molecule has 1 aliphatic rings. The van der Waals surface area contributed by atoms with Crippen LogP contribution < -0.4 is 16.0 Å². The van der Waals surface area contributed by atoms with E-state index in [1.807, 2.05) is 19.1 Å². The van der Waals surface area contributed by atoms with E-state index in [0.717, 1.165) is 48.3 Å². The molecule has 0 saturated carbocycles. The Morgan fingerprint density at radius 1 is 1.25 bits per heavy atom. The summed E-state index contributed by atoms with van der Waals surface area (Å²) in [4.78, 5) is 23.6. The average Bonchev–Trinajstić information content (AvgIpc) is 3.22. The predicted octanol–water partition coefficient (Wildman–Crippen LogP) is 2.96. The SMILES string of the molecule is Cc1cc(O)nc2ccc(NC(=O)c3cnc(CN)cc3N3CCCC3)cc12. The highest BCUT2D eigenvalue weighted by atomic mass is 16.3. The fourth-order valence-corrected chi connectivity index (χ4v) is 3.65. The first-order valence-electron chi connectivity index (χ1n) is 9.41. The molecule has 0 spiro atoms. The summed E-state index contributed by atoms with van der Waals surface area (Å²) in [5.74, 6) is -0.218. The summed E-state index contributed by atoms with van der Waals surface area (Å²) < 4.78 is 0. The summed E-state index contributed by atoms with van der Waals surface area (Å²) in [5, 5.41) is 13.5. The molecule has 1 aliphatic heterocycles. The van der Waals surface area contributed by atoms with Crippen molar-refractivity contribution in [2.45, 2.75) is 26.3 Å². The number of nitrogens with one attached hydrogen (secondary N) is 1. The predicted molar refractivity (Wildman–Crippen MR) is 110 cm³/mol. The van der Waals surface area contributed by atoms with Crippen molar-refractivity contribution in [1.82, 2.24) is 9.97 Å². The molecule has 28 heavy (non-hydrogen) atoms. The van der Waals surface area contributed by atoms with Crippen LogP contribution in [0.4, 0.5) is 11.4 Å². The quantitative estimate of drug-likeness (QED) is 0.646. The summed E-state index contributed by atoms with van der Waals surface area (Å²) >= 11 is 0. The molecule has 0 atom stereocenters. The Morgan fingerprint density at radius 2 is 2.04 bits per heavy atom. The molecule has 0 radical (unpaired) electrons. The molecule has 2 aromatic heterocycles.